The zero-order valence-electron chi connectivity index (χ0n) is 15.4. The lowest BCUT2D eigenvalue weighted by atomic mass is 10.2. The number of ether oxygens (including phenoxy) is 1. The van der Waals surface area contributed by atoms with Crippen LogP contribution >= 0.6 is 11.3 Å². The minimum absolute atomic E-state index is 0.306. The fraction of sp³-hybridized carbons (Fsp3) is 0.100. The summed E-state index contributed by atoms with van der Waals surface area (Å²) < 4.78 is 7.38. The number of nitrogens with one attached hydrogen (secondary N) is 2. The van der Waals surface area contributed by atoms with Gasteiger partial charge in [0.05, 0.1) is 11.2 Å². The molecule has 2 N–H and O–H groups in total. The molecule has 0 aliphatic rings. The van der Waals surface area contributed by atoms with E-state index in [0.29, 0.717) is 30.4 Å². The molecule has 4 rings (SSSR count). The number of amides is 2. The Balaban J connectivity index is 1.31. The van der Waals surface area contributed by atoms with E-state index in [1.54, 1.807) is 34.7 Å². The van der Waals surface area contributed by atoms with Crippen molar-refractivity contribution in [1.29, 1.82) is 0 Å². The predicted octanol–water partition coefficient (Wildman–Crippen LogP) is 3.62. The molecule has 3 aromatic heterocycles. The molecule has 0 saturated carbocycles. The Morgan fingerprint density at radius 1 is 1.14 bits per heavy atom. The molecule has 9 heteroatoms. The molecule has 1 aromatic carbocycles. The molecule has 146 valence electrons. The van der Waals surface area contributed by atoms with Crippen LogP contribution in [-0.2, 0) is 13.2 Å². The third kappa shape index (κ3) is 5.17. The van der Waals surface area contributed by atoms with Gasteiger partial charge in [0.1, 0.15) is 12.4 Å². The second-order valence-electron chi connectivity index (χ2n) is 6.08. The van der Waals surface area contributed by atoms with E-state index in [2.05, 4.69) is 25.7 Å². The Bertz CT molecular complexity index is 1070. The highest BCUT2D eigenvalue weighted by molar-refractivity contribution is 7.07. The molecule has 0 fully saturated rings. The first-order valence-corrected chi connectivity index (χ1v) is 9.80. The smallest absolute Gasteiger partial charge is 0.319 e. The molecule has 29 heavy (non-hydrogen) atoms. The number of thiazole rings is 1. The molecule has 0 unspecified atom stereocenters. The van der Waals surface area contributed by atoms with Crippen LogP contribution in [0.4, 0.5) is 10.5 Å². The van der Waals surface area contributed by atoms with Crippen molar-refractivity contribution in [3.8, 4) is 11.6 Å². The molecule has 0 spiro atoms. The number of rotatable bonds is 7. The van der Waals surface area contributed by atoms with Crippen LogP contribution in [-0.4, -0.2) is 25.8 Å². The molecule has 0 saturated heterocycles. The van der Waals surface area contributed by atoms with Crippen LogP contribution in [0.2, 0.25) is 0 Å². The maximum Gasteiger partial charge on any atom is 0.319 e. The van der Waals surface area contributed by atoms with Gasteiger partial charge in [-0.05, 0) is 35.9 Å². The predicted molar refractivity (Wildman–Crippen MR) is 110 cm³/mol. The van der Waals surface area contributed by atoms with Crippen molar-refractivity contribution >= 4 is 23.1 Å². The highest BCUT2D eigenvalue weighted by Gasteiger charge is 2.05. The Hall–Kier alpha value is -3.72. The van der Waals surface area contributed by atoms with Crippen molar-refractivity contribution in [2.75, 3.05) is 5.32 Å². The van der Waals surface area contributed by atoms with E-state index in [9.17, 15) is 4.79 Å². The van der Waals surface area contributed by atoms with Crippen LogP contribution < -0.4 is 15.4 Å². The number of hydrogen-bond donors (Lipinski definition) is 2. The molecule has 3 heterocycles. The number of hydrogen-bond acceptors (Lipinski definition) is 6. The molecular weight excluding hydrogens is 388 g/mol. The van der Waals surface area contributed by atoms with Gasteiger partial charge in [-0.1, -0.05) is 6.07 Å². The van der Waals surface area contributed by atoms with Crippen molar-refractivity contribution in [3.05, 3.63) is 83.2 Å². The highest BCUT2D eigenvalue weighted by Crippen LogP contribution is 2.18. The van der Waals surface area contributed by atoms with Crippen LogP contribution in [0.15, 0.2) is 71.9 Å². The van der Waals surface area contributed by atoms with Gasteiger partial charge in [0.2, 0.25) is 0 Å². The summed E-state index contributed by atoms with van der Waals surface area (Å²) in [5.41, 5.74) is 4.20. The first-order chi connectivity index (χ1) is 14.3. The van der Waals surface area contributed by atoms with Crippen LogP contribution in [0.25, 0.3) is 5.82 Å². The number of carbonyl (C=O) groups excluding carboxylic acids is 1. The van der Waals surface area contributed by atoms with E-state index in [1.807, 2.05) is 41.9 Å². The third-order valence-corrected chi connectivity index (χ3v) is 4.60. The quantitative estimate of drug-likeness (QED) is 0.489. The average Bonchev–Trinajstić information content (AvgIpc) is 3.45. The fourth-order valence-corrected chi connectivity index (χ4v) is 3.13. The summed E-state index contributed by atoms with van der Waals surface area (Å²) in [4.78, 5) is 20.7. The van der Waals surface area contributed by atoms with Gasteiger partial charge < -0.3 is 15.4 Å². The van der Waals surface area contributed by atoms with Crippen molar-refractivity contribution in [3.63, 3.8) is 0 Å². The molecule has 0 radical (unpaired) electrons. The largest absolute Gasteiger partial charge is 0.487 e. The fourth-order valence-electron chi connectivity index (χ4n) is 2.59. The summed E-state index contributed by atoms with van der Waals surface area (Å²) in [7, 11) is 0. The van der Waals surface area contributed by atoms with Crippen LogP contribution in [0.3, 0.4) is 0 Å². The number of anilines is 1. The van der Waals surface area contributed by atoms with E-state index in [1.165, 1.54) is 11.3 Å². The molecule has 8 nitrogen and oxygen atoms in total. The molecule has 0 atom stereocenters. The number of benzene rings is 1. The Labute approximate surface area is 171 Å². The second-order valence-corrected chi connectivity index (χ2v) is 6.80. The summed E-state index contributed by atoms with van der Waals surface area (Å²) in [6, 6.07) is 12.5. The van der Waals surface area contributed by atoms with Gasteiger partial charge in [-0.3, -0.25) is 0 Å². The second kappa shape index (κ2) is 8.98. The van der Waals surface area contributed by atoms with Crippen molar-refractivity contribution < 1.29 is 9.53 Å². The molecular formula is C20H18N6O2S. The Morgan fingerprint density at radius 2 is 2.10 bits per heavy atom. The summed E-state index contributed by atoms with van der Waals surface area (Å²) in [5, 5.41) is 11.7. The number of nitrogens with zero attached hydrogens (tertiary/aromatic N) is 4. The SMILES string of the molecule is O=C(NCc1ccnc(-n2cccn2)c1)Nc1cccc(OCc2cscn2)c1. The minimum atomic E-state index is -0.306. The van der Waals surface area contributed by atoms with E-state index in [4.69, 9.17) is 4.74 Å². The van der Waals surface area contributed by atoms with Gasteiger partial charge in [0.15, 0.2) is 5.82 Å². The normalized spacial score (nSPS) is 10.5. The maximum absolute atomic E-state index is 12.3. The monoisotopic (exact) mass is 406 g/mol. The molecule has 0 aliphatic carbocycles. The lowest BCUT2D eigenvalue weighted by molar-refractivity contribution is 0.251. The first kappa shape index (κ1) is 18.6. The number of urea groups is 1. The number of pyridine rings is 1. The van der Waals surface area contributed by atoms with Gasteiger partial charge in [-0.15, -0.1) is 11.3 Å². The third-order valence-electron chi connectivity index (χ3n) is 3.96. The van der Waals surface area contributed by atoms with Gasteiger partial charge >= 0.3 is 6.03 Å². The van der Waals surface area contributed by atoms with Crippen molar-refractivity contribution in [1.82, 2.24) is 25.1 Å². The number of carbonyl (C=O) groups is 1. The van der Waals surface area contributed by atoms with Gasteiger partial charge in [-0.2, -0.15) is 5.10 Å². The average molecular weight is 406 g/mol. The van der Waals surface area contributed by atoms with E-state index < -0.39 is 0 Å². The molecule has 2 amide bonds. The first-order valence-electron chi connectivity index (χ1n) is 8.86. The Morgan fingerprint density at radius 3 is 2.93 bits per heavy atom. The van der Waals surface area contributed by atoms with E-state index >= 15 is 0 Å². The standard InChI is InChI=1S/C20H18N6O2S/c27-20(22-11-15-5-7-21-19(9-15)26-8-2-6-24-26)25-16-3-1-4-18(10-16)28-12-17-13-29-14-23-17/h1-10,13-14H,11-12H2,(H2,22,25,27). The van der Waals surface area contributed by atoms with Gasteiger partial charge in [0.25, 0.3) is 0 Å². The maximum atomic E-state index is 12.3. The zero-order chi connectivity index (χ0) is 19.9. The van der Waals surface area contributed by atoms with Gasteiger partial charge in [-0.25, -0.2) is 19.4 Å². The Kier molecular flexibility index (Phi) is 5.77. The molecule has 0 bridgehead atoms. The van der Waals surface area contributed by atoms with E-state index in [0.717, 1.165) is 11.3 Å². The lowest BCUT2D eigenvalue weighted by Gasteiger charge is -2.10. The summed E-state index contributed by atoms with van der Waals surface area (Å²) in [6.07, 6.45) is 5.19. The minimum Gasteiger partial charge on any atom is -0.487 e. The zero-order valence-corrected chi connectivity index (χ0v) is 16.2. The molecule has 0 aliphatic heterocycles. The van der Waals surface area contributed by atoms with Crippen LogP contribution in [0.5, 0.6) is 5.75 Å². The number of aromatic nitrogens is 4. The van der Waals surface area contributed by atoms with Crippen molar-refractivity contribution in [2.24, 2.45) is 0 Å². The van der Waals surface area contributed by atoms with Crippen LogP contribution in [0, 0.1) is 0 Å². The topological polar surface area (TPSA) is 94.0 Å². The lowest BCUT2D eigenvalue weighted by Crippen LogP contribution is -2.28. The van der Waals surface area contributed by atoms with Gasteiger partial charge in [0, 0.05) is 42.3 Å². The summed E-state index contributed by atoms with van der Waals surface area (Å²) in [5.74, 6) is 1.36. The van der Waals surface area contributed by atoms with Crippen LogP contribution in [0.1, 0.15) is 11.3 Å². The highest BCUT2D eigenvalue weighted by atomic mass is 32.1. The summed E-state index contributed by atoms with van der Waals surface area (Å²) in [6.45, 7) is 0.752. The van der Waals surface area contributed by atoms with Crippen molar-refractivity contribution in [2.45, 2.75) is 13.2 Å². The summed E-state index contributed by atoms with van der Waals surface area (Å²) >= 11 is 1.52. The van der Waals surface area contributed by atoms with E-state index in [-0.39, 0.29) is 6.03 Å². The molecule has 4 aromatic rings.